The number of anilines is 2. The van der Waals surface area contributed by atoms with Gasteiger partial charge in [0.1, 0.15) is 11.9 Å². The first-order chi connectivity index (χ1) is 10.2. The van der Waals surface area contributed by atoms with Crippen molar-refractivity contribution in [3.05, 3.63) is 30.1 Å². The van der Waals surface area contributed by atoms with Crippen LogP contribution < -0.4 is 10.6 Å². The second-order valence-electron chi connectivity index (χ2n) is 4.20. The van der Waals surface area contributed by atoms with Gasteiger partial charge in [0.15, 0.2) is 4.34 Å². The molecule has 0 bridgehead atoms. The highest BCUT2D eigenvalue weighted by Crippen LogP contribution is 2.29. The van der Waals surface area contributed by atoms with Gasteiger partial charge in [0.05, 0.1) is 12.2 Å². The number of rotatable bonds is 5. The molecule has 2 heterocycles. The lowest BCUT2D eigenvalue weighted by Gasteiger charge is -2.04. The van der Waals surface area contributed by atoms with Crippen molar-refractivity contribution in [1.29, 1.82) is 0 Å². The Morgan fingerprint density at radius 1 is 1.48 bits per heavy atom. The SMILES string of the molecule is O=C1NC[C@H](CSc2nnc(Nc3ccccc3F)s2)O1. The van der Waals surface area contributed by atoms with Crippen LogP contribution in [0.3, 0.4) is 0 Å². The molecule has 1 aromatic carbocycles. The second-order valence-corrected chi connectivity index (χ2v) is 6.44. The van der Waals surface area contributed by atoms with Gasteiger partial charge in [0.25, 0.3) is 0 Å². The first kappa shape index (κ1) is 14.1. The van der Waals surface area contributed by atoms with E-state index in [4.69, 9.17) is 4.74 Å². The molecular formula is C12H11FN4O2S2. The number of amides is 1. The van der Waals surface area contributed by atoms with Gasteiger partial charge in [-0.2, -0.15) is 0 Å². The summed E-state index contributed by atoms with van der Waals surface area (Å²) in [5, 5.41) is 14.0. The standard InChI is InChI=1S/C12H11FN4O2S2/c13-8-3-1-2-4-9(8)15-10-16-17-12(21-10)20-6-7-5-14-11(18)19-7/h1-4,7H,5-6H2,(H,14,18)(H,15,16)/t7-/m1/s1. The molecule has 9 heteroatoms. The van der Waals surface area contributed by atoms with Crippen LogP contribution in [0.5, 0.6) is 0 Å². The topological polar surface area (TPSA) is 76.1 Å². The van der Waals surface area contributed by atoms with Gasteiger partial charge in [-0.15, -0.1) is 10.2 Å². The highest BCUT2D eigenvalue weighted by atomic mass is 32.2. The Morgan fingerprint density at radius 3 is 3.10 bits per heavy atom. The first-order valence-corrected chi connectivity index (χ1v) is 7.93. The summed E-state index contributed by atoms with van der Waals surface area (Å²) in [6.45, 7) is 0.505. The van der Waals surface area contributed by atoms with E-state index < -0.39 is 0 Å². The molecule has 0 aliphatic carbocycles. The van der Waals surface area contributed by atoms with Crippen LogP contribution in [0.15, 0.2) is 28.6 Å². The third-order valence-corrected chi connectivity index (χ3v) is 4.77. The zero-order chi connectivity index (χ0) is 14.7. The lowest BCUT2D eigenvalue weighted by molar-refractivity contribution is 0.150. The zero-order valence-corrected chi connectivity index (χ0v) is 12.3. The average molecular weight is 326 g/mol. The second kappa shape index (κ2) is 6.27. The number of nitrogens with zero attached hydrogens (tertiary/aromatic N) is 2. The quantitative estimate of drug-likeness (QED) is 0.823. The predicted molar refractivity (Wildman–Crippen MR) is 78.6 cm³/mol. The number of hydrogen-bond acceptors (Lipinski definition) is 7. The molecule has 1 aliphatic rings. The van der Waals surface area contributed by atoms with Crippen LogP contribution >= 0.6 is 23.1 Å². The number of thioether (sulfide) groups is 1. The molecule has 110 valence electrons. The van der Waals surface area contributed by atoms with Crippen molar-refractivity contribution in [2.24, 2.45) is 0 Å². The molecule has 1 aromatic heterocycles. The van der Waals surface area contributed by atoms with E-state index in [0.717, 1.165) is 4.34 Å². The molecule has 0 saturated carbocycles. The molecule has 0 unspecified atom stereocenters. The van der Waals surface area contributed by atoms with E-state index in [0.29, 0.717) is 23.1 Å². The highest BCUT2D eigenvalue weighted by molar-refractivity contribution is 8.01. The number of halogens is 1. The Balaban J connectivity index is 1.56. The number of benzene rings is 1. The van der Waals surface area contributed by atoms with Gasteiger partial charge in [-0.3, -0.25) is 0 Å². The minimum atomic E-state index is -0.389. The molecule has 6 nitrogen and oxygen atoms in total. The van der Waals surface area contributed by atoms with Crippen molar-refractivity contribution in [2.45, 2.75) is 10.4 Å². The van der Waals surface area contributed by atoms with Crippen molar-refractivity contribution in [3.8, 4) is 0 Å². The van der Waals surface area contributed by atoms with E-state index in [9.17, 15) is 9.18 Å². The van der Waals surface area contributed by atoms with Gasteiger partial charge < -0.3 is 15.4 Å². The van der Waals surface area contributed by atoms with E-state index in [1.807, 2.05) is 0 Å². The van der Waals surface area contributed by atoms with Crippen molar-refractivity contribution in [3.63, 3.8) is 0 Å². The molecule has 1 atom stereocenters. The molecule has 0 spiro atoms. The third kappa shape index (κ3) is 3.61. The number of carbonyl (C=O) groups excluding carboxylic acids is 1. The molecule has 1 saturated heterocycles. The summed E-state index contributed by atoms with van der Waals surface area (Å²) in [4.78, 5) is 10.9. The predicted octanol–water partition coefficient (Wildman–Crippen LogP) is 2.62. The van der Waals surface area contributed by atoms with Gasteiger partial charge >= 0.3 is 6.09 Å². The molecule has 0 radical (unpaired) electrons. The molecule has 1 aliphatic heterocycles. The number of para-hydroxylation sites is 1. The minimum absolute atomic E-state index is 0.158. The summed E-state index contributed by atoms with van der Waals surface area (Å²) < 4.78 is 19.3. The molecule has 2 N–H and O–H groups in total. The molecule has 1 amide bonds. The van der Waals surface area contributed by atoms with E-state index >= 15 is 0 Å². The van der Waals surface area contributed by atoms with Gasteiger partial charge in [-0.25, -0.2) is 9.18 Å². The number of hydrogen-bond donors (Lipinski definition) is 2. The van der Waals surface area contributed by atoms with Crippen LogP contribution in [-0.4, -0.2) is 34.7 Å². The Kier molecular flexibility index (Phi) is 4.20. The fraction of sp³-hybridized carbons (Fsp3) is 0.250. The van der Waals surface area contributed by atoms with E-state index in [1.54, 1.807) is 18.2 Å². The number of cyclic esters (lactones) is 1. The van der Waals surface area contributed by atoms with Gasteiger partial charge in [0.2, 0.25) is 5.13 Å². The number of ether oxygens (including phenoxy) is 1. The summed E-state index contributed by atoms with van der Waals surface area (Å²) in [5.41, 5.74) is 0.360. The molecule has 3 rings (SSSR count). The molecule has 21 heavy (non-hydrogen) atoms. The van der Waals surface area contributed by atoms with Crippen molar-refractivity contribution in [1.82, 2.24) is 15.5 Å². The Morgan fingerprint density at radius 2 is 2.33 bits per heavy atom. The maximum atomic E-state index is 13.5. The summed E-state index contributed by atoms with van der Waals surface area (Å²) >= 11 is 2.77. The highest BCUT2D eigenvalue weighted by Gasteiger charge is 2.23. The van der Waals surface area contributed by atoms with E-state index in [2.05, 4.69) is 20.8 Å². The van der Waals surface area contributed by atoms with Crippen molar-refractivity contribution >= 4 is 40.0 Å². The minimum Gasteiger partial charge on any atom is -0.443 e. The maximum Gasteiger partial charge on any atom is 0.407 e. The first-order valence-electron chi connectivity index (χ1n) is 6.13. The lowest BCUT2D eigenvalue weighted by atomic mass is 10.3. The smallest absolute Gasteiger partial charge is 0.407 e. The van der Waals surface area contributed by atoms with Crippen LogP contribution in [-0.2, 0) is 4.74 Å². The summed E-state index contributed by atoms with van der Waals surface area (Å²) in [6.07, 6.45) is -0.547. The summed E-state index contributed by atoms with van der Waals surface area (Å²) in [6, 6.07) is 6.37. The summed E-state index contributed by atoms with van der Waals surface area (Å²) in [5.74, 6) is 0.262. The molecule has 2 aromatic rings. The Hall–Kier alpha value is -1.87. The van der Waals surface area contributed by atoms with Crippen LogP contribution in [0, 0.1) is 5.82 Å². The number of nitrogens with one attached hydrogen (secondary N) is 2. The zero-order valence-electron chi connectivity index (χ0n) is 10.7. The number of carbonyl (C=O) groups is 1. The molecule has 1 fully saturated rings. The van der Waals surface area contributed by atoms with Crippen LogP contribution in [0.25, 0.3) is 0 Å². The monoisotopic (exact) mass is 326 g/mol. The van der Waals surface area contributed by atoms with Crippen molar-refractivity contribution in [2.75, 3.05) is 17.6 Å². The Bertz CT molecular complexity index is 652. The lowest BCUT2D eigenvalue weighted by Crippen LogP contribution is -2.16. The summed E-state index contributed by atoms with van der Waals surface area (Å²) in [7, 11) is 0. The Labute approximate surface area is 128 Å². The fourth-order valence-electron chi connectivity index (χ4n) is 1.69. The molecular weight excluding hydrogens is 315 g/mol. The number of alkyl carbamates (subject to hydrolysis) is 1. The largest absolute Gasteiger partial charge is 0.443 e. The van der Waals surface area contributed by atoms with Crippen molar-refractivity contribution < 1.29 is 13.9 Å². The van der Waals surface area contributed by atoms with Crippen LogP contribution in [0.4, 0.5) is 20.0 Å². The van der Waals surface area contributed by atoms with Crippen LogP contribution in [0.1, 0.15) is 0 Å². The average Bonchev–Trinajstić information content (AvgIpc) is 3.08. The van der Waals surface area contributed by atoms with Crippen LogP contribution in [0.2, 0.25) is 0 Å². The fourth-order valence-corrected chi connectivity index (χ4v) is 3.46. The van der Waals surface area contributed by atoms with Gasteiger partial charge in [-0.05, 0) is 12.1 Å². The third-order valence-electron chi connectivity index (χ3n) is 2.66. The maximum absolute atomic E-state index is 13.5. The van der Waals surface area contributed by atoms with E-state index in [1.165, 1.54) is 29.2 Å². The van der Waals surface area contributed by atoms with Gasteiger partial charge in [0, 0.05) is 5.75 Å². The van der Waals surface area contributed by atoms with Gasteiger partial charge in [-0.1, -0.05) is 35.2 Å². The normalized spacial score (nSPS) is 17.4. The van der Waals surface area contributed by atoms with E-state index in [-0.39, 0.29) is 18.0 Å². The number of aromatic nitrogens is 2.